The fraction of sp³-hybridized carbons (Fsp3) is 1.00. The summed E-state index contributed by atoms with van der Waals surface area (Å²) < 4.78 is 5.51. The van der Waals surface area contributed by atoms with Crippen molar-refractivity contribution >= 4 is 0 Å². The highest BCUT2D eigenvalue weighted by Crippen LogP contribution is 2.23. The Bertz CT molecular complexity index is 274. The summed E-state index contributed by atoms with van der Waals surface area (Å²) in [6, 6.07) is 1.39. The molecule has 3 nitrogen and oxygen atoms in total. The number of hydrogen-bond acceptors (Lipinski definition) is 3. The lowest BCUT2D eigenvalue weighted by Gasteiger charge is -2.44. The van der Waals surface area contributed by atoms with Gasteiger partial charge in [0.05, 0.1) is 0 Å². The van der Waals surface area contributed by atoms with Crippen molar-refractivity contribution in [2.45, 2.75) is 59.0 Å². The molecule has 0 radical (unpaired) electrons. The van der Waals surface area contributed by atoms with Gasteiger partial charge in [-0.1, -0.05) is 27.7 Å². The molecule has 1 N–H and O–H groups in total. The maximum atomic E-state index is 5.51. The smallest absolute Gasteiger partial charge is 0.0469 e. The summed E-state index contributed by atoms with van der Waals surface area (Å²) in [6.07, 6.45) is 3.83. The Labute approximate surface area is 125 Å². The molecule has 2 rings (SSSR count). The summed E-state index contributed by atoms with van der Waals surface area (Å²) in [5, 5.41) is 3.77. The Kier molecular flexibility index (Phi) is 6.31. The van der Waals surface area contributed by atoms with Crippen molar-refractivity contribution in [3.05, 3.63) is 0 Å². The molecule has 2 fully saturated rings. The number of rotatable bonds is 5. The fourth-order valence-corrected chi connectivity index (χ4v) is 3.59. The quantitative estimate of drug-likeness (QED) is 0.839. The van der Waals surface area contributed by atoms with Crippen LogP contribution in [0.2, 0.25) is 0 Å². The van der Waals surface area contributed by atoms with Crippen LogP contribution < -0.4 is 5.32 Å². The lowest BCUT2D eigenvalue weighted by atomic mass is 9.92. The summed E-state index contributed by atoms with van der Waals surface area (Å²) in [7, 11) is 0. The van der Waals surface area contributed by atoms with Crippen LogP contribution in [-0.2, 0) is 4.74 Å². The SMILES string of the molecule is CC(C)CC1CNC(C(C)C)CN1CC1CCOCC1. The van der Waals surface area contributed by atoms with E-state index in [0.29, 0.717) is 6.04 Å². The molecule has 0 aromatic rings. The third-order valence-corrected chi connectivity index (χ3v) is 4.95. The number of nitrogens with zero attached hydrogens (tertiary/aromatic N) is 1. The second kappa shape index (κ2) is 7.77. The molecule has 2 heterocycles. The summed E-state index contributed by atoms with van der Waals surface area (Å²) in [5.74, 6) is 2.37. The lowest BCUT2D eigenvalue weighted by Crippen LogP contribution is -2.59. The van der Waals surface area contributed by atoms with E-state index in [2.05, 4.69) is 37.9 Å². The Morgan fingerprint density at radius 3 is 2.45 bits per heavy atom. The summed E-state index contributed by atoms with van der Waals surface area (Å²) in [6.45, 7) is 15.0. The lowest BCUT2D eigenvalue weighted by molar-refractivity contribution is 0.0287. The second-order valence-electron chi connectivity index (χ2n) is 7.55. The average Bonchev–Trinajstić information content (AvgIpc) is 2.41. The first-order valence-corrected chi connectivity index (χ1v) is 8.61. The normalized spacial score (nSPS) is 30.3. The molecule has 2 unspecified atom stereocenters. The third-order valence-electron chi connectivity index (χ3n) is 4.95. The van der Waals surface area contributed by atoms with Gasteiger partial charge in [-0.2, -0.15) is 0 Å². The van der Waals surface area contributed by atoms with Crippen molar-refractivity contribution in [1.29, 1.82) is 0 Å². The van der Waals surface area contributed by atoms with Crippen molar-refractivity contribution in [3.63, 3.8) is 0 Å². The zero-order chi connectivity index (χ0) is 14.5. The molecular weight excluding hydrogens is 248 g/mol. The summed E-state index contributed by atoms with van der Waals surface area (Å²) in [5.41, 5.74) is 0. The number of nitrogens with one attached hydrogen (secondary N) is 1. The van der Waals surface area contributed by atoms with Crippen molar-refractivity contribution in [1.82, 2.24) is 10.2 Å². The molecule has 3 heteroatoms. The van der Waals surface area contributed by atoms with Crippen molar-refractivity contribution < 1.29 is 4.74 Å². The number of hydrogen-bond donors (Lipinski definition) is 1. The maximum absolute atomic E-state index is 5.51. The van der Waals surface area contributed by atoms with E-state index in [1.807, 2.05) is 0 Å². The van der Waals surface area contributed by atoms with Crippen LogP contribution in [0.1, 0.15) is 47.0 Å². The molecule has 0 spiro atoms. The largest absolute Gasteiger partial charge is 0.381 e. The van der Waals surface area contributed by atoms with Crippen LogP contribution in [0, 0.1) is 17.8 Å². The second-order valence-corrected chi connectivity index (χ2v) is 7.55. The number of piperazine rings is 1. The van der Waals surface area contributed by atoms with Gasteiger partial charge in [0.2, 0.25) is 0 Å². The molecule has 0 aromatic heterocycles. The van der Waals surface area contributed by atoms with E-state index in [9.17, 15) is 0 Å². The van der Waals surface area contributed by atoms with Crippen LogP contribution in [0.15, 0.2) is 0 Å². The van der Waals surface area contributed by atoms with Gasteiger partial charge in [-0.15, -0.1) is 0 Å². The maximum Gasteiger partial charge on any atom is 0.0469 e. The van der Waals surface area contributed by atoms with Crippen molar-refractivity contribution in [3.8, 4) is 0 Å². The first-order valence-electron chi connectivity index (χ1n) is 8.61. The molecule has 0 amide bonds. The molecular formula is C17H34N2O. The highest BCUT2D eigenvalue weighted by molar-refractivity contribution is 4.89. The minimum atomic E-state index is 0.665. The van der Waals surface area contributed by atoms with Gasteiger partial charge in [-0.25, -0.2) is 0 Å². The molecule has 2 atom stereocenters. The van der Waals surface area contributed by atoms with E-state index in [-0.39, 0.29) is 0 Å². The molecule has 2 aliphatic rings. The van der Waals surface area contributed by atoms with E-state index in [4.69, 9.17) is 4.74 Å². The Morgan fingerprint density at radius 1 is 1.15 bits per heavy atom. The highest BCUT2D eigenvalue weighted by atomic mass is 16.5. The highest BCUT2D eigenvalue weighted by Gasteiger charge is 2.31. The summed E-state index contributed by atoms with van der Waals surface area (Å²) >= 11 is 0. The molecule has 2 aliphatic heterocycles. The third kappa shape index (κ3) is 4.71. The standard InChI is InChI=1S/C17H34N2O/c1-13(2)9-16-10-18-17(14(3)4)12-19(16)11-15-5-7-20-8-6-15/h13-18H,5-12H2,1-4H3. The Morgan fingerprint density at radius 2 is 1.85 bits per heavy atom. The van der Waals surface area contributed by atoms with E-state index >= 15 is 0 Å². The van der Waals surface area contributed by atoms with Gasteiger partial charge >= 0.3 is 0 Å². The first-order chi connectivity index (χ1) is 9.56. The predicted octanol–water partition coefficient (Wildman–Crippen LogP) is 2.76. The minimum absolute atomic E-state index is 0.665. The molecule has 0 saturated carbocycles. The topological polar surface area (TPSA) is 24.5 Å². The van der Waals surface area contributed by atoms with Gasteiger partial charge in [-0.3, -0.25) is 4.90 Å². The molecule has 0 aromatic carbocycles. The monoisotopic (exact) mass is 282 g/mol. The van der Waals surface area contributed by atoms with Crippen LogP contribution in [0.4, 0.5) is 0 Å². The van der Waals surface area contributed by atoms with Crippen molar-refractivity contribution in [2.24, 2.45) is 17.8 Å². The zero-order valence-corrected chi connectivity index (χ0v) is 13.9. The van der Waals surface area contributed by atoms with Gasteiger partial charge in [0.15, 0.2) is 0 Å². The van der Waals surface area contributed by atoms with Crippen LogP contribution in [0.25, 0.3) is 0 Å². The van der Waals surface area contributed by atoms with Crippen LogP contribution in [-0.4, -0.2) is 49.8 Å². The summed E-state index contributed by atoms with van der Waals surface area (Å²) in [4.78, 5) is 2.79. The molecule has 2 saturated heterocycles. The predicted molar refractivity (Wildman–Crippen MR) is 85.0 cm³/mol. The molecule has 118 valence electrons. The van der Waals surface area contributed by atoms with E-state index in [1.54, 1.807) is 0 Å². The Balaban J connectivity index is 1.93. The van der Waals surface area contributed by atoms with Crippen LogP contribution in [0.3, 0.4) is 0 Å². The zero-order valence-electron chi connectivity index (χ0n) is 13.9. The number of ether oxygens (including phenoxy) is 1. The van der Waals surface area contributed by atoms with Crippen LogP contribution >= 0.6 is 0 Å². The van der Waals surface area contributed by atoms with Gasteiger partial charge in [0.25, 0.3) is 0 Å². The fourth-order valence-electron chi connectivity index (χ4n) is 3.59. The van der Waals surface area contributed by atoms with Gasteiger partial charge in [0, 0.05) is 44.9 Å². The average molecular weight is 282 g/mol. The van der Waals surface area contributed by atoms with E-state index < -0.39 is 0 Å². The van der Waals surface area contributed by atoms with Crippen LogP contribution in [0.5, 0.6) is 0 Å². The molecule has 20 heavy (non-hydrogen) atoms. The Hall–Kier alpha value is -0.120. The minimum Gasteiger partial charge on any atom is -0.381 e. The van der Waals surface area contributed by atoms with Gasteiger partial charge < -0.3 is 10.1 Å². The van der Waals surface area contributed by atoms with Crippen molar-refractivity contribution in [2.75, 3.05) is 32.8 Å². The molecule has 0 aliphatic carbocycles. The first kappa shape index (κ1) is 16.3. The van der Waals surface area contributed by atoms with Gasteiger partial charge in [-0.05, 0) is 37.0 Å². The van der Waals surface area contributed by atoms with E-state index in [1.165, 1.54) is 38.9 Å². The van der Waals surface area contributed by atoms with Gasteiger partial charge in [0.1, 0.15) is 0 Å². The molecule has 0 bridgehead atoms. The van der Waals surface area contributed by atoms with E-state index in [0.717, 1.165) is 37.0 Å².